The predicted molar refractivity (Wildman–Crippen MR) is 84.6 cm³/mol. The molecule has 6 heteroatoms. The van der Waals surface area contributed by atoms with Crippen LogP contribution in [0.3, 0.4) is 0 Å². The molecule has 0 bridgehead atoms. The van der Waals surface area contributed by atoms with Crippen LogP contribution in [0.25, 0.3) is 10.9 Å². The summed E-state index contributed by atoms with van der Waals surface area (Å²) in [6, 6.07) is 7.15. The standard InChI is InChI=1S/C16H21N3O3/c1-12(20)7-9-18(2)15(21)8-10-19-11-17-14-6-4-3-5-13(14)16(19)22/h3-6,11-12,20H,7-10H2,1-2H3. The number of hydrogen-bond acceptors (Lipinski definition) is 4. The zero-order valence-corrected chi connectivity index (χ0v) is 12.9. The average molecular weight is 303 g/mol. The summed E-state index contributed by atoms with van der Waals surface area (Å²) in [6.07, 6.45) is 1.83. The molecule has 0 fully saturated rings. The molecule has 0 spiro atoms. The van der Waals surface area contributed by atoms with Gasteiger partial charge < -0.3 is 10.0 Å². The van der Waals surface area contributed by atoms with Gasteiger partial charge in [0.05, 0.1) is 23.3 Å². The van der Waals surface area contributed by atoms with Crippen LogP contribution in [-0.4, -0.2) is 45.2 Å². The summed E-state index contributed by atoms with van der Waals surface area (Å²) in [4.78, 5) is 30.1. The number of carbonyl (C=O) groups excluding carboxylic acids is 1. The third kappa shape index (κ3) is 3.92. The number of amides is 1. The van der Waals surface area contributed by atoms with Gasteiger partial charge in [0.1, 0.15) is 0 Å². The summed E-state index contributed by atoms with van der Waals surface area (Å²) >= 11 is 0. The molecule has 1 heterocycles. The molecule has 0 aliphatic rings. The number of carbonyl (C=O) groups is 1. The zero-order chi connectivity index (χ0) is 16.1. The number of benzene rings is 1. The summed E-state index contributed by atoms with van der Waals surface area (Å²) < 4.78 is 1.46. The number of aryl methyl sites for hydroxylation is 1. The summed E-state index contributed by atoms with van der Waals surface area (Å²) in [5, 5.41) is 9.79. The number of aliphatic hydroxyl groups is 1. The van der Waals surface area contributed by atoms with Crippen molar-refractivity contribution in [2.45, 2.75) is 32.4 Å². The van der Waals surface area contributed by atoms with Crippen LogP contribution in [0.5, 0.6) is 0 Å². The minimum Gasteiger partial charge on any atom is -0.393 e. The van der Waals surface area contributed by atoms with E-state index in [9.17, 15) is 14.7 Å². The van der Waals surface area contributed by atoms with Gasteiger partial charge in [-0.3, -0.25) is 14.2 Å². The molecule has 2 aromatic rings. The van der Waals surface area contributed by atoms with Crippen LogP contribution in [0.2, 0.25) is 0 Å². The second-order valence-electron chi connectivity index (χ2n) is 5.46. The van der Waals surface area contributed by atoms with Crippen molar-refractivity contribution in [3.8, 4) is 0 Å². The molecule has 118 valence electrons. The SMILES string of the molecule is CC(O)CCN(C)C(=O)CCn1cnc2ccccc2c1=O. The van der Waals surface area contributed by atoms with Crippen molar-refractivity contribution < 1.29 is 9.90 Å². The highest BCUT2D eigenvalue weighted by molar-refractivity contribution is 5.77. The molecule has 6 nitrogen and oxygen atoms in total. The van der Waals surface area contributed by atoms with Crippen molar-refractivity contribution in [2.75, 3.05) is 13.6 Å². The van der Waals surface area contributed by atoms with Gasteiger partial charge in [0.15, 0.2) is 0 Å². The van der Waals surface area contributed by atoms with E-state index in [1.54, 1.807) is 37.1 Å². The molecule has 0 saturated heterocycles. The largest absolute Gasteiger partial charge is 0.393 e. The molecule has 0 saturated carbocycles. The van der Waals surface area contributed by atoms with Crippen LogP contribution in [-0.2, 0) is 11.3 Å². The highest BCUT2D eigenvalue weighted by Gasteiger charge is 2.11. The molecule has 1 unspecified atom stereocenters. The average Bonchev–Trinajstić information content (AvgIpc) is 2.51. The van der Waals surface area contributed by atoms with Crippen LogP contribution < -0.4 is 5.56 Å². The highest BCUT2D eigenvalue weighted by Crippen LogP contribution is 2.05. The first kappa shape index (κ1) is 16.2. The Bertz CT molecular complexity index is 709. The molecule has 0 aliphatic carbocycles. The Hall–Kier alpha value is -2.21. The lowest BCUT2D eigenvalue weighted by Crippen LogP contribution is -2.31. The number of nitrogens with zero attached hydrogens (tertiary/aromatic N) is 3. The lowest BCUT2D eigenvalue weighted by atomic mass is 10.2. The Kier molecular flexibility index (Phi) is 5.27. The zero-order valence-electron chi connectivity index (χ0n) is 12.9. The first-order valence-corrected chi connectivity index (χ1v) is 7.35. The first-order valence-electron chi connectivity index (χ1n) is 7.35. The number of hydrogen-bond donors (Lipinski definition) is 1. The Morgan fingerprint density at radius 1 is 1.41 bits per heavy atom. The van der Waals surface area contributed by atoms with E-state index in [1.807, 2.05) is 6.07 Å². The summed E-state index contributed by atoms with van der Waals surface area (Å²) in [5.41, 5.74) is 0.522. The maximum absolute atomic E-state index is 12.3. The van der Waals surface area contributed by atoms with Gasteiger partial charge in [-0.1, -0.05) is 12.1 Å². The van der Waals surface area contributed by atoms with Crippen molar-refractivity contribution in [3.63, 3.8) is 0 Å². The molecule has 0 radical (unpaired) electrons. The number of fused-ring (bicyclic) bond motifs is 1. The molecular weight excluding hydrogens is 282 g/mol. The maximum atomic E-state index is 12.3. The van der Waals surface area contributed by atoms with Crippen molar-refractivity contribution in [2.24, 2.45) is 0 Å². The number of aliphatic hydroxyl groups excluding tert-OH is 1. The van der Waals surface area contributed by atoms with E-state index in [-0.39, 0.29) is 17.9 Å². The van der Waals surface area contributed by atoms with Gasteiger partial charge in [-0.15, -0.1) is 0 Å². The van der Waals surface area contributed by atoms with E-state index in [1.165, 1.54) is 10.9 Å². The number of para-hydroxylation sites is 1. The minimum atomic E-state index is -0.428. The molecule has 1 amide bonds. The molecular formula is C16H21N3O3. The van der Waals surface area contributed by atoms with Crippen LogP contribution >= 0.6 is 0 Å². The topological polar surface area (TPSA) is 75.4 Å². The number of rotatable bonds is 6. The van der Waals surface area contributed by atoms with Crippen molar-refractivity contribution in [1.82, 2.24) is 14.5 Å². The molecule has 0 aliphatic heterocycles. The molecule has 22 heavy (non-hydrogen) atoms. The minimum absolute atomic E-state index is 0.0549. The van der Waals surface area contributed by atoms with Gasteiger partial charge in [-0.25, -0.2) is 4.98 Å². The van der Waals surface area contributed by atoms with Gasteiger partial charge in [-0.05, 0) is 25.5 Å². The highest BCUT2D eigenvalue weighted by atomic mass is 16.3. The van der Waals surface area contributed by atoms with Gasteiger partial charge in [0, 0.05) is 26.6 Å². The van der Waals surface area contributed by atoms with Gasteiger partial charge in [0.2, 0.25) is 5.91 Å². The lowest BCUT2D eigenvalue weighted by molar-refractivity contribution is -0.130. The van der Waals surface area contributed by atoms with Crippen LogP contribution in [0.4, 0.5) is 0 Å². The molecule has 1 atom stereocenters. The Morgan fingerprint density at radius 2 is 2.14 bits per heavy atom. The van der Waals surface area contributed by atoms with E-state index < -0.39 is 6.10 Å². The molecule has 1 N–H and O–H groups in total. The van der Waals surface area contributed by atoms with E-state index in [2.05, 4.69) is 4.98 Å². The summed E-state index contributed by atoms with van der Waals surface area (Å²) in [7, 11) is 1.70. The third-order valence-corrected chi connectivity index (χ3v) is 3.61. The predicted octanol–water partition coefficient (Wildman–Crippen LogP) is 1.02. The van der Waals surface area contributed by atoms with Crippen LogP contribution in [0.15, 0.2) is 35.4 Å². The summed E-state index contributed by atoms with van der Waals surface area (Å²) in [6.45, 7) is 2.49. The van der Waals surface area contributed by atoms with E-state index in [0.717, 1.165) is 0 Å². The Morgan fingerprint density at radius 3 is 2.86 bits per heavy atom. The fourth-order valence-corrected chi connectivity index (χ4v) is 2.18. The van der Waals surface area contributed by atoms with E-state index in [4.69, 9.17) is 0 Å². The first-order chi connectivity index (χ1) is 10.5. The summed E-state index contributed by atoms with van der Waals surface area (Å²) in [5.74, 6) is -0.0549. The fourth-order valence-electron chi connectivity index (χ4n) is 2.18. The Balaban J connectivity index is 2.01. The van der Waals surface area contributed by atoms with Crippen molar-refractivity contribution in [3.05, 3.63) is 40.9 Å². The second kappa shape index (κ2) is 7.17. The monoisotopic (exact) mass is 303 g/mol. The Labute approximate surface area is 129 Å². The molecule has 1 aromatic carbocycles. The van der Waals surface area contributed by atoms with Crippen molar-refractivity contribution >= 4 is 16.8 Å². The quantitative estimate of drug-likeness (QED) is 0.864. The van der Waals surface area contributed by atoms with Gasteiger partial charge >= 0.3 is 0 Å². The second-order valence-corrected chi connectivity index (χ2v) is 5.46. The molecule has 1 aromatic heterocycles. The van der Waals surface area contributed by atoms with Crippen molar-refractivity contribution in [1.29, 1.82) is 0 Å². The normalized spacial score (nSPS) is 12.3. The van der Waals surface area contributed by atoms with E-state index >= 15 is 0 Å². The van der Waals surface area contributed by atoms with Crippen LogP contribution in [0, 0.1) is 0 Å². The van der Waals surface area contributed by atoms with Gasteiger partial charge in [0.25, 0.3) is 5.56 Å². The van der Waals surface area contributed by atoms with Crippen LogP contribution in [0.1, 0.15) is 19.8 Å². The van der Waals surface area contributed by atoms with Gasteiger partial charge in [-0.2, -0.15) is 0 Å². The third-order valence-electron chi connectivity index (χ3n) is 3.61. The maximum Gasteiger partial charge on any atom is 0.261 e. The smallest absolute Gasteiger partial charge is 0.261 e. The lowest BCUT2D eigenvalue weighted by Gasteiger charge is -2.18. The number of aromatic nitrogens is 2. The molecule has 2 rings (SSSR count). The fraction of sp³-hybridized carbons (Fsp3) is 0.438. The van der Waals surface area contributed by atoms with E-state index in [0.29, 0.717) is 30.4 Å².